The molecule has 0 bridgehead atoms. The summed E-state index contributed by atoms with van der Waals surface area (Å²) in [5, 5.41) is 7.10. The molecule has 0 atom stereocenters. The Bertz CT molecular complexity index is 364. The molecule has 0 aromatic carbocycles. The fourth-order valence-corrected chi connectivity index (χ4v) is 3.81. The topological polar surface area (TPSA) is 48.9 Å². The average Bonchev–Trinajstić information content (AvgIpc) is 2.61. The van der Waals surface area contributed by atoms with Crippen LogP contribution >= 0.6 is 24.0 Å². The van der Waals surface area contributed by atoms with Gasteiger partial charge in [0, 0.05) is 32.7 Å². The number of hydrogen-bond acceptors (Lipinski definition) is 3. The first-order valence-corrected chi connectivity index (χ1v) is 9.96. The van der Waals surface area contributed by atoms with E-state index in [-0.39, 0.29) is 24.0 Å². The molecule has 0 radical (unpaired) electrons. The van der Waals surface area contributed by atoms with Gasteiger partial charge in [-0.05, 0) is 56.9 Å². The van der Waals surface area contributed by atoms with Gasteiger partial charge in [-0.2, -0.15) is 0 Å². The number of nitrogens with one attached hydrogen (secondary N) is 2. The molecule has 2 rings (SSSR count). The minimum absolute atomic E-state index is 0. The van der Waals surface area contributed by atoms with Crippen LogP contribution in [0.2, 0.25) is 0 Å². The highest BCUT2D eigenvalue weighted by atomic mass is 127. The van der Waals surface area contributed by atoms with Crippen molar-refractivity contribution in [3.05, 3.63) is 0 Å². The fraction of sp³-hybridized carbons (Fsp3) is 0.947. The standard InChI is InChI=1S/C19H38N4O.HI/c1-16(2)17-6-8-18(9-7-17)22-19(20-3)21-10-4-5-11-23-12-14-24-15-13-23;/h16-18H,4-15H2,1-3H3,(H2,20,21,22);1H. The molecule has 1 aliphatic heterocycles. The zero-order chi connectivity index (χ0) is 17.2. The van der Waals surface area contributed by atoms with Crippen molar-refractivity contribution in [2.75, 3.05) is 46.4 Å². The first kappa shape index (κ1) is 23.0. The number of halogens is 1. The monoisotopic (exact) mass is 466 g/mol. The van der Waals surface area contributed by atoms with Crippen LogP contribution in [-0.4, -0.2) is 63.3 Å². The molecule has 2 N–H and O–H groups in total. The lowest BCUT2D eigenvalue weighted by atomic mass is 9.80. The Kier molecular flexibility index (Phi) is 12.1. The van der Waals surface area contributed by atoms with Gasteiger partial charge in [0.05, 0.1) is 13.2 Å². The number of morpholine rings is 1. The van der Waals surface area contributed by atoms with E-state index < -0.39 is 0 Å². The van der Waals surface area contributed by atoms with E-state index in [1.807, 2.05) is 7.05 Å². The first-order chi connectivity index (χ1) is 11.7. The van der Waals surface area contributed by atoms with Crippen molar-refractivity contribution < 1.29 is 4.74 Å². The third-order valence-electron chi connectivity index (χ3n) is 5.58. The van der Waals surface area contributed by atoms with Crippen LogP contribution < -0.4 is 10.6 Å². The molecule has 2 aliphatic rings. The Hall–Kier alpha value is -0.0800. The first-order valence-electron chi connectivity index (χ1n) is 9.96. The van der Waals surface area contributed by atoms with Gasteiger partial charge in [-0.1, -0.05) is 13.8 Å². The Morgan fingerprint density at radius 1 is 1.12 bits per heavy atom. The summed E-state index contributed by atoms with van der Waals surface area (Å²) in [5.41, 5.74) is 0. The van der Waals surface area contributed by atoms with E-state index in [1.54, 1.807) is 0 Å². The summed E-state index contributed by atoms with van der Waals surface area (Å²) in [6.45, 7) is 10.9. The van der Waals surface area contributed by atoms with Crippen LogP contribution in [-0.2, 0) is 4.74 Å². The molecule has 6 heteroatoms. The third-order valence-corrected chi connectivity index (χ3v) is 5.58. The van der Waals surface area contributed by atoms with Gasteiger partial charge >= 0.3 is 0 Å². The van der Waals surface area contributed by atoms with Crippen molar-refractivity contribution in [3.63, 3.8) is 0 Å². The molecule has 1 saturated heterocycles. The van der Waals surface area contributed by atoms with Crippen LogP contribution in [0.1, 0.15) is 52.4 Å². The molecular weight excluding hydrogens is 427 g/mol. The maximum Gasteiger partial charge on any atom is 0.191 e. The van der Waals surface area contributed by atoms with E-state index >= 15 is 0 Å². The molecule has 0 amide bonds. The largest absolute Gasteiger partial charge is 0.379 e. The molecule has 1 heterocycles. The minimum atomic E-state index is 0. The van der Waals surface area contributed by atoms with Gasteiger partial charge in [0.25, 0.3) is 0 Å². The highest BCUT2D eigenvalue weighted by molar-refractivity contribution is 14.0. The summed E-state index contributed by atoms with van der Waals surface area (Å²) in [5.74, 6) is 2.72. The molecular formula is C19H39IN4O. The second kappa shape index (κ2) is 13.1. The summed E-state index contributed by atoms with van der Waals surface area (Å²) in [4.78, 5) is 6.89. The Morgan fingerprint density at radius 3 is 2.40 bits per heavy atom. The number of guanidine groups is 1. The van der Waals surface area contributed by atoms with Gasteiger partial charge in [-0.15, -0.1) is 24.0 Å². The summed E-state index contributed by atoms with van der Waals surface area (Å²) in [7, 11) is 1.88. The summed E-state index contributed by atoms with van der Waals surface area (Å²) in [6, 6.07) is 0.597. The Balaban J connectivity index is 0.00000312. The van der Waals surface area contributed by atoms with Crippen molar-refractivity contribution in [2.24, 2.45) is 16.8 Å². The number of unbranched alkanes of at least 4 members (excludes halogenated alkanes) is 1. The van der Waals surface area contributed by atoms with Crippen LogP contribution in [0.4, 0.5) is 0 Å². The lowest BCUT2D eigenvalue weighted by Crippen LogP contribution is -2.45. The van der Waals surface area contributed by atoms with Crippen LogP contribution in [0.15, 0.2) is 4.99 Å². The van der Waals surface area contributed by atoms with Gasteiger partial charge in [0.1, 0.15) is 0 Å². The zero-order valence-electron chi connectivity index (χ0n) is 16.4. The van der Waals surface area contributed by atoms with Crippen LogP contribution in [0.25, 0.3) is 0 Å². The van der Waals surface area contributed by atoms with Gasteiger partial charge in [-0.25, -0.2) is 0 Å². The molecule has 0 aromatic heterocycles. The Morgan fingerprint density at radius 2 is 1.80 bits per heavy atom. The molecule has 2 fully saturated rings. The highest BCUT2D eigenvalue weighted by Crippen LogP contribution is 2.29. The van der Waals surface area contributed by atoms with Gasteiger partial charge in [0.15, 0.2) is 5.96 Å². The molecule has 0 aromatic rings. The smallest absolute Gasteiger partial charge is 0.191 e. The molecule has 0 unspecified atom stereocenters. The van der Waals surface area contributed by atoms with Crippen LogP contribution in [0.3, 0.4) is 0 Å². The van der Waals surface area contributed by atoms with Crippen LogP contribution in [0, 0.1) is 11.8 Å². The van der Waals surface area contributed by atoms with E-state index in [4.69, 9.17) is 4.74 Å². The molecule has 25 heavy (non-hydrogen) atoms. The predicted octanol–water partition coefficient (Wildman–Crippen LogP) is 3.10. The molecule has 0 spiro atoms. The Labute approximate surface area is 171 Å². The normalized spacial score (nSPS) is 25.5. The highest BCUT2D eigenvalue weighted by Gasteiger charge is 2.23. The average molecular weight is 466 g/mol. The summed E-state index contributed by atoms with van der Waals surface area (Å²) >= 11 is 0. The second-order valence-electron chi connectivity index (χ2n) is 7.66. The van der Waals surface area contributed by atoms with E-state index in [9.17, 15) is 0 Å². The van der Waals surface area contributed by atoms with Crippen LogP contribution in [0.5, 0.6) is 0 Å². The lowest BCUT2D eigenvalue weighted by molar-refractivity contribution is 0.0372. The van der Waals surface area contributed by atoms with Crippen molar-refractivity contribution in [1.82, 2.24) is 15.5 Å². The van der Waals surface area contributed by atoms with Gasteiger partial charge < -0.3 is 15.4 Å². The SMILES string of the molecule is CN=C(NCCCCN1CCOCC1)NC1CCC(C(C)C)CC1.I. The quantitative estimate of drug-likeness (QED) is 0.262. The predicted molar refractivity (Wildman–Crippen MR) is 117 cm³/mol. The van der Waals surface area contributed by atoms with E-state index in [0.717, 1.165) is 50.6 Å². The number of hydrogen-bond donors (Lipinski definition) is 2. The molecule has 5 nitrogen and oxygen atoms in total. The van der Waals surface area contributed by atoms with Gasteiger partial charge in [0.2, 0.25) is 0 Å². The molecule has 1 saturated carbocycles. The third kappa shape index (κ3) is 8.91. The zero-order valence-corrected chi connectivity index (χ0v) is 18.8. The number of ether oxygens (including phenoxy) is 1. The van der Waals surface area contributed by atoms with Crippen molar-refractivity contribution in [2.45, 2.75) is 58.4 Å². The summed E-state index contributed by atoms with van der Waals surface area (Å²) < 4.78 is 5.39. The lowest BCUT2D eigenvalue weighted by Gasteiger charge is -2.32. The molecule has 1 aliphatic carbocycles. The fourth-order valence-electron chi connectivity index (χ4n) is 3.81. The van der Waals surface area contributed by atoms with E-state index in [2.05, 4.69) is 34.4 Å². The number of nitrogens with zero attached hydrogens (tertiary/aromatic N) is 2. The van der Waals surface area contributed by atoms with E-state index in [1.165, 1.54) is 45.1 Å². The number of rotatable bonds is 7. The van der Waals surface area contributed by atoms with Gasteiger partial charge in [-0.3, -0.25) is 9.89 Å². The van der Waals surface area contributed by atoms with E-state index in [0.29, 0.717) is 6.04 Å². The second-order valence-corrected chi connectivity index (χ2v) is 7.66. The molecule has 148 valence electrons. The number of aliphatic imine (C=N–C) groups is 1. The van der Waals surface area contributed by atoms with Crippen molar-refractivity contribution >= 4 is 29.9 Å². The maximum atomic E-state index is 5.39. The maximum absolute atomic E-state index is 5.39. The summed E-state index contributed by atoms with van der Waals surface area (Å²) in [6.07, 6.45) is 7.69. The van der Waals surface area contributed by atoms with Crippen molar-refractivity contribution in [3.8, 4) is 0 Å². The van der Waals surface area contributed by atoms with Crippen molar-refractivity contribution in [1.29, 1.82) is 0 Å². The minimum Gasteiger partial charge on any atom is -0.379 e.